The van der Waals surface area contributed by atoms with Crippen molar-refractivity contribution in [2.24, 2.45) is 5.92 Å². The molecule has 130 valence electrons. The smallest absolute Gasteiger partial charge is 0.407 e. The van der Waals surface area contributed by atoms with Crippen LogP contribution in [0.1, 0.15) is 45.4 Å². The van der Waals surface area contributed by atoms with Crippen molar-refractivity contribution in [3.63, 3.8) is 0 Å². The molecule has 23 heavy (non-hydrogen) atoms. The Labute approximate surface area is 136 Å². The van der Waals surface area contributed by atoms with Gasteiger partial charge < -0.3 is 20.1 Å². The number of hydrogen-bond donors (Lipinski definition) is 3. The summed E-state index contributed by atoms with van der Waals surface area (Å²) in [7, 11) is 3.76. The van der Waals surface area contributed by atoms with E-state index in [0.29, 0.717) is 18.9 Å². The van der Waals surface area contributed by atoms with Crippen LogP contribution in [0.3, 0.4) is 0 Å². The summed E-state index contributed by atoms with van der Waals surface area (Å²) in [6, 6.07) is 0. The highest BCUT2D eigenvalue weighted by Crippen LogP contribution is 2.37. The Morgan fingerprint density at radius 2 is 2.13 bits per heavy atom. The standard InChI is InChI=1S/C15H27N5O3/c1-15(2,3)23-14(22)16-8-10-6-9(7-11(10)21)12-17-13(19-18-12)20(4)5/h9-11,21H,6-8H2,1-5H3,(H,16,22)(H,17,18,19)/t9-,10+,11+/m1/s1. The average molecular weight is 325 g/mol. The molecular weight excluding hydrogens is 298 g/mol. The lowest BCUT2D eigenvalue weighted by atomic mass is 10.0. The van der Waals surface area contributed by atoms with Crippen molar-refractivity contribution in [1.82, 2.24) is 20.5 Å². The van der Waals surface area contributed by atoms with Gasteiger partial charge in [0.2, 0.25) is 5.95 Å². The van der Waals surface area contributed by atoms with E-state index in [1.165, 1.54) is 0 Å². The van der Waals surface area contributed by atoms with Gasteiger partial charge in [-0.25, -0.2) is 4.79 Å². The number of aliphatic hydroxyl groups excluding tert-OH is 1. The summed E-state index contributed by atoms with van der Waals surface area (Å²) in [6.45, 7) is 5.85. The van der Waals surface area contributed by atoms with Crippen LogP contribution in [0.15, 0.2) is 0 Å². The lowest BCUT2D eigenvalue weighted by Crippen LogP contribution is -2.36. The van der Waals surface area contributed by atoms with E-state index >= 15 is 0 Å². The van der Waals surface area contributed by atoms with Crippen molar-refractivity contribution >= 4 is 12.0 Å². The highest BCUT2D eigenvalue weighted by molar-refractivity contribution is 5.67. The number of aliphatic hydroxyl groups is 1. The van der Waals surface area contributed by atoms with E-state index in [-0.39, 0.29) is 11.8 Å². The van der Waals surface area contributed by atoms with E-state index in [2.05, 4.69) is 20.5 Å². The first-order valence-corrected chi connectivity index (χ1v) is 7.90. The molecule has 0 saturated heterocycles. The molecule has 1 aromatic heterocycles. The molecule has 1 fully saturated rings. The molecule has 0 aliphatic heterocycles. The minimum Gasteiger partial charge on any atom is -0.444 e. The number of carbonyl (C=O) groups excluding carboxylic acids is 1. The highest BCUT2D eigenvalue weighted by Gasteiger charge is 2.36. The molecule has 0 radical (unpaired) electrons. The van der Waals surface area contributed by atoms with Crippen LogP contribution in [0, 0.1) is 5.92 Å². The normalized spacial score (nSPS) is 24.5. The fourth-order valence-corrected chi connectivity index (χ4v) is 2.72. The number of aromatic nitrogens is 3. The first kappa shape index (κ1) is 17.5. The summed E-state index contributed by atoms with van der Waals surface area (Å²) in [4.78, 5) is 18.0. The number of nitrogens with zero attached hydrogens (tertiary/aromatic N) is 3. The van der Waals surface area contributed by atoms with E-state index in [1.807, 2.05) is 39.8 Å². The molecule has 3 N–H and O–H groups in total. The maximum Gasteiger partial charge on any atom is 0.407 e. The molecule has 1 amide bonds. The van der Waals surface area contributed by atoms with Crippen LogP contribution in [0.2, 0.25) is 0 Å². The summed E-state index contributed by atoms with van der Waals surface area (Å²) in [5.41, 5.74) is -0.524. The van der Waals surface area contributed by atoms with Crippen LogP contribution in [-0.4, -0.2) is 58.7 Å². The Kier molecular flexibility index (Phi) is 5.13. The molecule has 1 saturated carbocycles. The molecular formula is C15H27N5O3. The molecule has 1 aliphatic carbocycles. The predicted octanol–water partition coefficient (Wildman–Crippen LogP) is 1.25. The van der Waals surface area contributed by atoms with Crippen molar-refractivity contribution < 1.29 is 14.6 Å². The second-order valence-electron chi connectivity index (χ2n) is 7.29. The van der Waals surface area contributed by atoms with Crippen LogP contribution >= 0.6 is 0 Å². The van der Waals surface area contributed by atoms with Crippen LogP contribution < -0.4 is 10.2 Å². The van der Waals surface area contributed by atoms with Crippen molar-refractivity contribution in [3.05, 3.63) is 5.82 Å². The van der Waals surface area contributed by atoms with E-state index in [9.17, 15) is 9.90 Å². The topological polar surface area (TPSA) is 103 Å². The van der Waals surface area contributed by atoms with Gasteiger partial charge >= 0.3 is 6.09 Å². The zero-order valence-corrected chi connectivity index (χ0v) is 14.5. The molecule has 3 atom stereocenters. The third-order valence-corrected chi connectivity index (χ3v) is 3.84. The molecule has 8 heteroatoms. The number of amides is 1. The summed E-state index contributed by atoms with van der Waals surface area (Å²) < 4.78 is 5.21. The lowest BCUT2D eigenvalue weighted by molar-refractivity contribution is 0.0500. The molecule has 8 nitrogen and oxygen atoms in total. The maximum atomic E-state index is 11.7. The fraction of sp³-hybridized carbons (Fsp3) is 0.800. The van der Waals surface area contributed by atoms with Gasteiger partial charge in [0.1, 0.15) is 11.4 Å². The zero-order valence-electron chi connectivity index (χ0n) is 14.5. The molecule has 0 bridgehead atoms. The lowest BCUT2D eigenvalue weighted by Gasteiger charge is -2.21. The summed E-state index contributed by atoms with van der Waals surface area (Å²) >= 11 is 0. The van der Waals surface area contributed by atoms with Crippen LogP contribution in [-0.2, 0) is 4.74 Å². The zero-order chi connectivity index (χ0) is 17.2. The number of aromatic amines is 1. The summed E-state index contributed by atoms with van der Waals surface area (Å²) in [5.74, 6) is 1.52. The SMILES string of the molecule is CN(C)c1n[nH]c([C@@H]2C[C@@H](CNC(=O)OC(C)(C)C)[C@@H](O)C2)n1. The quantitative estimate of drug-likeness (QED) is 0.770. The van der Waals surface area contributed by atoms with Gasteiger partial charge in [-0.2, -0.15) is 4.98 Å². The fourth-order valence-electron chi connectivity index (χ4n) is 2.72. The number of alkyl carbamates (subject to hydrolysis) is 1. The molecule has 0 aromatic carbocycles. The molecule has 2 rings (SSSR count). The molecule has 1 heterocycles. The average Bonchev–Trinajstić information content (AvgIpc) is 3.01. The van der Waals surface area contributed by atoms with E-state index in [1.54, 1.807) is 0 Å². The van der Waals surface area contributed by atoms with Gasteiger partial charge in [-0.1, -0.05) is 0 Å². The number of H-pyrrole nitrogens is 1. The molecule has 0 spiro atoms. The number of ether oxygens (including phenoxy) is 1. The molecule has 0 unspecified atom stereocenters. The van der Waals surface area contributed by atoms with Crippen molar-refractivity contribution in [2.75, 3.05) is 25.5 Å². The largest absolute Gasteiger partial charge is 0.444 e. The Bertz CT molecular complexity index is 537. The number of hydrogen-bond acceptors (Lipinski definition) is 6. The number of nitrogens with one attached hydrogen (secondary N) is 2. The van der Waals surface area contributed by atoms with Gasteiger partial charge in [0.25, 0.3) is 0 Å². The molecule has 1 aliphatic rings. The Morgan fingerprint density at radius 3 is 2.70 bits per heavy atom. The third kappa shape index (κ3) is 4.82. The van der Waals surface area contributed by atoms with Crippen LogP contribution in [0.5, 0.6) is 0 Å². The van der Waals surface area contributed by atoms with E-state index in [4.69, 9.17) is 4.74 Å². The van der Waals surface area contributed by atoms with E-state index in [0.717, 1.165) is 12.2 Å². The summed E-state index contributed by atoms with van der Waals surface area (Å²) in [5, 5.41) is 20.0. The first-order chi connectivity index (χ1) is 10.7. The van der Waals surface area contributed by atoms with Crippen molar-refractivity contribution in [1.29, 1.82) is 0 Å². The van der Waals surface area contributed by atoms with Gasteiger partial charge in [0.05, 0.1) is 6.10 Å². The van der Waals surface area contributed by atoms with Crippen LogP contribution in [0.4, 0.5) is 10.7 Å². The molecule has 1 aromatic rings. The second kappa shape index (κ2) is 6.74. The summed E-state index contributed by atoms with van der Waals surface area (Å²) in [6.07, 6.45) is 0.437. The van der Waals surface area contributed by atoms with E-state index < -0.39 is 17.8 Å². The minimum absolute atomic E-state index is 0.0135. The predicted molar refractivity (Wildman–Crippen MR) is 86.4 cm³/mol. The van der Waals surface area contributed by atoms with Crippen LogP contribution in [0.25, 0.3) is 0 Å². The van der Waals surface area contributed by atoms with Gasteiger partial charge in [-0.05, 0) is 33.6 Å². The number of anilines is 1. The maximum absolute atomic E-state index is 11.7. The number of rotatable bonds is 4. The Balaban J connectivity index is 1.87. The highest BCUT2D eigenvalue weighted by atomic mass is 16.6. The van der Waals surface area contributed by atoms with Gasteiger partial charge in [-0.3, -0.25) is 5.10 Å². The Hall–Kier alpha value is -1.83. The first-order valence-electron chi connectivity index (χ1n) is 7.90. The van der Waals surface area contributed by atoms with Crippen molar-refractivity contribution in [2.45, 2.75) is 51.2 Å². The third-order valence-electron chi connectivity index (χ3n) is 3.84. The van der Waals surface area contributed by atoms with Gasteiger partial charge in [-0.15, -0.1) is 5.10 Å². The Morgan fingerprint density at radius 1 is 1.43 bits per heavy atom. The van der Waals surface area contributed by atoms with Gasteiger partial charge in [0.15, 0.2) is 0 Å². The monoisotopic (exact) mass is 325 g/mol. The van der Waals surface area contributed by atoms with Gasteiger partial charge in [0, 0.05) is 32.5 Å². The number of carbonyl (C=O) groups is 1. The second-order valence-corrected chi connectivity index (χ2v) is 7.29. The van der Waals surface area contributed by atoms with Crippen molar-refractivity contribution in [3.8, 4) is 0 Å². The minimum atomic E-state index is -0.524.